The number of nitrogens with one attached hydrogen (secondary N) is 1. The Kier molecular flexibility index (Phi) is 7.54. The van der Waals surface area contributed by atoms with Gasteiger partial charge in [0, 0.05) is 35.1 Å². The van der Waals surface area contributed by atoms with E-state index in [0.717, 1.165) is 12.1 Å². The third kappa shape index (κ3) is 5.72. The SMILES string of the molecule is CC[Si](C)(C)c1c(F)cc(NC(=O)C2c3ccc(C(=O)O)nc3CCN2C(=O)OC(C)(C)C)cc1F. The highest BCUT2D eigenvalue weighted by atomic mass is 28.3. The molecule has 1 unspecified atom stereocenters. The van der Waals surface area contributed by atoms with E-state index in [0.29, 0.717) is 17.3 Å². The Bertz CT molecular complexity index is 1190. The predicted molar refractivity (Wildman–Crippen MR) is 133 cm³/mol. The molecule has 2 aromatic rings. The number of aromatic carboxylic acids is 1. The Balaban J connectivity index is 2.01. The molecule has 1 atom stereocenters. The summed E-state index contributed by atoms with van der Waals surface area (Å²) in [7, 11) is -2.34. The second kappa shape index (κ2) is 9.96. The van der Waals surface area contributed by atoms with Crippen molar-refractivity contribution in [1.29, 1.82) is 0 Å². The van der Waals surface area contributed by atoms with Crippen molar-refractivity contribution in [1.82, 2.24) is 9.88 Å². The molecule has 0 saturated carbocycles. The molecule has 0 spiro atoms. The van der Waals surface area contributed by atoms with Crippen LogP contribution in [-0.2, 0) is 16.0 Å². The predicted octanol–water partition coefficient (Wildman–Crippen LogP) is 4.47. The second-order valence-electron chi connectivity index (χ2n) is 10.4. The number of rotatable bonds is 5. The van der Waals surface area contributed by atoms with Crippen molar-refractivity contribution in [2.45, 2.75) is 64.9 Å². The van der Waals surface area contributed by atoms with Gasteiger partial charge in [0.1, 0.15) is 29.0 Å². The molecule has 1 aliphatic heterocycles. The van der Waals surface area contributed by atoms with Crippen LogP contribution in [0.25, 0.3) is 0 Å². The van der Waals surface area contributed by atoms with Gasteiger partial charge in [0.2, 0.25) is 0 Å². The van der Waals surface area contributed by atoms with Crippen molar-refractivity contribution in [2.24, 2.45) is 0 Å². The second-order valence-corrected chi connectivity index (χ2v) is 15.4. The summed E-state index contributed by atoms with van der Waals surface area (Å²) >= 11 is 0. The molecule has 1 aromatic heterocycles. The first-order valence-electron chi connectivity index (χ1n) is 11.7. The molecule has 3 rings (SSSR count). The first-order chi connectivity index (χ1) is 16.6. The molecule has 8 nitrogen and oxygen atoms in total. The van der Waals surface area contributed by atoms with Crippen LogP contribution in [0.3, 0.4) is 0 Å². The minimum absolute atomic E-state index is 0.0357. The number of fused-ring (bicyclic) bond motifs is 1. The number of carbonyl (C=O) groups is 3. The lowest BCUT2D eigenvalue weighted by Gasteiger charge is -2.36. The molecule has 2 heterocycles. The highest BCUT2D eigenvalue weighted by molar-refractivity contribution is 6.89. The van der Waals surface area contributed by atoms with Crippen LogP contribution < -0.4 is 10.5 Å². The summed E-state index contributed by atoms with van der Waals surface area (Å²) in [6.45, 7) is 10.7. The van der Waals surface area contributed by atoms with Gasteiger partial charge in [-0.3, -0.25) is 9.69 Å². The largest absolute Gasteiger partial charge is 0.477 e. The number of carboxylic acids is 1. The van der Waals surface area contributed by atoms with Crippen LogP contribution in [0.15, 0.2) is 24.3 Å². The zero-order valence-corrected chi connectivity index (χ0v) is 22.2. The van der Waals surface area contributed by atoms with Crippen molar-refractivity contribution < 1.29 is 33.0 Å². The number of benzene rings is 1. The Morgan fingerprint density at radius 2 is 1.81 bits per heavy atom. The summed E-state index contributed by atoms with van der Waals surface area (Å²) in [5.74, 6) is -3.42. The van der Waals surface area contributed by atoms with Crippen LogP contribution in [0.2, 0.25) is 19.1 Å². The van der Waals surface area contributed by atoms with E-state index >= 15 is 0 Å². The minimum atomic E-state index is -2.34. The molecular formula is C25H31F2N3O5Si. The van der Waals surface area contributed by atoms with E-state index < -0.39 is 49.3 Å². The van der Waals surface area contributed by atoms with E-state index in [1.807, 2.05) is 20.0 Å². The molecule has 1 aliphatic rings. The van der Waals surface area contributed by atoms with E-state index in [2.05, 4.69) is 10.3 Å². The van der Waals surface area contributed by atoms with Crippen LogP contribution in [-0.4, -0.2) is 53.2 Å². The van der Waals surface area contributed by atoms with Gasteiger partial charge in [-0.1, -0.05) is 32.1 Å². The Hall–Kier alpha value is -3.34. The maximum absolute atomic E-state index is 14.9. The van der Waals surface area contributed by atoms with Gasteiger partial charge in [-0.25, -0.2) is 23.4 Å². The number of hydrogen-bond acceptors (Lipinski definition) is 5. The van der Waals surface area contributed by atoms with Gasteiger partial charge >= 0.3 is 12.1 Å². The fourth-order valence-corrected chi connectivity index (χ4v) is 5.87. The highest BCUT2D eigenvalue weighted by Gasteiger charge is 2.39. The minimum Gasteiger partial charge on any atom is -0.477 e. The van der Waals surface area contributed by atoms with Gasteiger partial charge in [-0.15, -0.1) is 0 Å². The fourth-order valence-electron chi connectivity index (χ4n) is 4.08. The van der Waals surface area contributed by atoms with Gasteiger partial charge in [0.05, 0.1) is 8.07 Å². The van der Waals surface area contributed by atoms with E-state index in [9.17, 15) is 28.3 Å². The van der Waals surface area contributed by atoms with Crippen molar-refractivity contribution in [2.75, 3.05) is 11.9 Å². The van der Waals surface area contributed by atoms with E-state index in [-0.39, 0.29) is 29.5 Å². The number of nitrogens with zero attached hydrogens (tertiary/aromatic N) is 2. The number of ether oxygens (including phenoxy) is 1. The summed E-state index contributed by atoms with van der Waals surface area (Å²) in [4.78, 5) is 43.1. The maximum Gasteiger partial charge on any atom is 0.411 e. The van der Waals surface area contributed by atoms with Crippen LogP contribution in [0, 0.1) is 11.6 Å². The number of carboxylic acid groups (broad SMARTS) is 1. The Morgan fingerprint density at radius 3 is 2.33 bits per heavy atom. The first kappa shape index (κ1) is 27.2. The molecule has 1 aromatic carbocycles. The highest BCUT2D eigenvalue weighted by Crippen LogP contribution is 2.32. The molecular weight excluding hydrogens is 488 g/mol. The van der Waals surface area contributed by atoms with Gasteiger partial charge in [-0.2, -0.15) is 0 Å². The molecule has 11 heteroatoms. The molecule has 0 aliphatic carbocycles. The zero-order chi connectivity index (χ0) is 27.0. The number of halogens is 2. The summed E-state index contributed by atoms with van der Waals surface area (Å²) in [6.07, 6.45) is -0.548. The number of hydrogen-bond donors (Lipinski definition) is 2. The molecule has 36 heavy (non-hydrogen) atoms. The van der Waals surface area contributed by atoms with Crippen LogP contribution in [0.4, 0.5) is 19.3 Å². The monoisotopic (exact) mass is 519 g/mol. The topological polar surface area (TPSA) is 109 Å². The standard InChI is InChI=1S/C25H31F2N3O5Si/c1-7-36(5,6)21-16(26)12-14(13-17(21)27)28-22(31)20-15-8-9-19(23(32)33)29-18(15)10-11-30(20)24(34)35-25(2,3)4/h8-9,12-13,20H,7,10-11H2,1-6H3,(H,28,31)(H,32,33). The van der Waals surface area contributed by atoms with Crippen LogP contribution in [0.5, 0.6) is 0 Å². The maximum atomic E-state index is 14.9. The molecule has 194 valence electrons. The number of anilines is 1. The van der Waals surface area contributed by atoms with Crippen LogP contribution in [0.1, 0.15) is 55.5 Å². The number of amides is 2. The van der Waals surface area contributed by atoms with Crippen molar-refractivity contribution in [3.05, 3.63) is 52.9 Å². The molecule has 0 fully saturated rings. The number of pyridine rings is 1. The third-order valence-corrected chi connectivity index (χ3v) is 9.77. The van der Waals surface area contributed by atoms with Gasteiger partial charge in [-0.05, 0) is 39.0 Å². The molecule has 0 radical (unpaired) electrons. The number of aromatic nitrogens is 1. The average molecular weight is 520 g/mol. The molecule has 2 N–H and O–H groups in total. The van der Waals surface area contributed by atoms with Gasteiger partial charge in [0.15, 0.2) is 0 Å². The Morgan fingerprint density at radius 1 is 1.19 bits per heavy atom. The fraction of sp³-hybridized carbons (Fsp3) is 0.440. The first-order valence-corrected chi connectivity index (χ1v) is 14.9. The van der Waals surface area contributed by atoms with E-state index in [4.69, 9.17) is 4.74 Å². The molecule has 0 bridgehead atoms. The van der Waals surface area contributed by atoms with Crippen molar-refractivity contribution in [3.63, 3.8) is 0 Å². The molecule has 2 amide bonds. The summed E-state index contributed by atoms with van der Waals surface area (Å²) in [5, 5.41) is 11.9. The zero-order valence-electron chi connectivity index (χ0n) is 21.2. The lowest BCUT2D eigenvalue weighted by atomic mass is 9.95. The summed E-state index contributed by atoms with van der Waals surface area (Å²) in [5.41, 5.74) is -0.459. The third-order valence-electron chi connectivity index (χ3n) is 6.17. The average Bonchev–Trinajstić information content (AvgIpc) is 2.75. The molecule has 0 saturated heterocycles. The van der Waals surface area contributed by atoms with Crippen molar-refractivity contribution >= 4 is 36.9 Å². The Labute approximate surface area is 209 Å². The summed E-state index contributed by atoms with van der Waals surface area (Å²) in [6, 6.07) is 4.22. The van der Waals surface area contributed by atoms with E-state index in [1.165, 1.54) is 17.0 Å². The number of carbonyl (C=O) groups excluding carboxylic acids is 2. The van der Waals surface area contributed by atoms with Gasteiger partial charge in [0.25, 0.3) is 5.91 Å². The quantitative estimate of drug-likeness (QED) is 0.565. The van der Waals surface area contributed by atoms with Crippen molar-refractivity contribution in [3.8, 4) is 0 Å². The lowest BCUT2D eigenvalue weighted by molar-refractivity contribution is -0.122. The smallest absolute Gasteiger partial charge is 0.411 e. The normalized spacial score (nSPS) is 15.8. The van der Waals surface area contributed by atoms with Crippen LogP contribution >= 0.6 is 0 Å². The summed E-state index contributed by atoms with van der Waals surface area (Å²) < 4.78 is 35.3. The van der Waals surface area contributed by atoms with E-state index in [1.54, 1.807) is 20.8 Å². The van der Waals surface area contributed by atoms with Gasteiger partial charge < -0.3 is 15.2 Å². The lowest BCUT2D eigenvalue weighted by Crippen LogP contribution is -2.47.